The molecule has 2 aromatic carbocycles. The Labute approximate surface area is 135 Å². The van der Waals surface area contributed by atoms with Crippen LogP contribution in [-0.2, 0) is 11.8 Å². The van der Waals surface area contributed by atoms with Crippen LogP contribution in [0.25, 0.3) is 0 Å². The first-order valence-corrected chi connectivity index (χ1v) is 7.98. The number of halogens is 3. The van der Waals surface area contributed by atoms with E-state index < -0.39 is 0 Å². The molecule has 106 valence electrons. The summed E-state index contributed by atoms with van der Waals surface area (Å²) in [6, 6.07) is 16.2. The quantitative estimate of drug-likeness (QED) is 0.626. The van der Waals surface area contributed by atoms with Crippen molar-refractivity contribution in [3.63, 3.8) is 0 Å². The zero-order valence-corrected chi connectivity index (χ0v) is 13.6. The van der Waals surface area contributed by atoms with Crippen LogP contribution in [-0.4, -0.2) is 11.8 Å². The lowest BCUT2D eigenvalue weighted by Gasteiger charge is -2.31. The molecule has 0 radical (unpaired) electrons. The van der Waals surface area contributed by atoms with Crippen LogP contribution in [0, 0.1) is 6.92 Å². The van der Waals surface area contributed by atoms with E-state index in [0.717, 1.165) is 12.0 Å². The lowest BCUT2D eigenvalue weighted by Crippen LogP contribution is -2.33. The first-order chi connectivity index (χ1) is 9.61. The minimum Gasteiger partial charge on any atom is -0.126 e. The third-order valence-electron chi connectivity index (χ3n) is 3.74. The van der Waals surface area contributed by atoms with E-state index in [4.69, 9.17) is 34.8 Å². The van der Waals surface area contributed by atoms with Crippen molar-refractivity contribution in [2.45, 2.75) is 18.8 Å². The number of hydrogen-bond donors (Lipinski definition) is 0. The van der Waals surface area contributed by atoms with Gasteiger partial charge in [0.1, 0.15) is 0 Å². The van der Waals surface area contributed by atoms with Crippen molar-refractivity contribution >= 4 is 34.8 Å². The van der Waals surface area contributed by atoms with Crippen molar-refractivity contribution in [3.05, 3.63) is 70.2 Å². The molecule has 20 heavy (non-hydrogen) atoms. The van der Waals surface area contributed by atoms with E-state index in [9.17, 15) is 0 Å². The van der Waals surface area contributed by atoms with Crippen LogP contribution >= 0.6 is 34.8 Å². The van der Waals surface area contributed by atoms with Crippen molar-refractivity contribution in [2.75, 3.05) is 11.8 Å². The van der Waals surface area contributed by atoms with Gasteiger partial charge in [-0.2, -0.15) is 0 Å². The first kappa shape index (κ1) is 15.7. The molecule has 3 heteroatoms. The molecule has 0 bridgehead atoms. The molecule has 0 N–H and O–H groups in total. The minimum absolute atomic E-state index is 0.292. The Balaban J connectivity index is 2.42. The van der Waals surface area contributed by atoms with E-state index in [0.29, 0.717) is 16.8 Å². The van der Waals surface area contributed by atoms with Crippen LogP contribution in [0.1, 0.15) is 16.7 Å². The van der Waals surface area contributed by atoms with Crippen molar-refractivity contribution in [2.24, 2.45) is 0 Å². The van der Waals surface area contributed by atoms with Gasteiger partial charge in [-0.3, -0.25) is 0 Å². The maximum Gasteiger partial charge on any atom is 0.0408 e. The predicted octanol–water partition coefficient (Wildman–Crippen LogP) is 5.61. The molecule has 0 amide bonds. The largest absolute Gasteiger partial charge is 0.126 e. The number of rotatable bonds is 5. The highest BCUT2D eigenvalue weighted by Gasteiger charge is 2.31. The molecule has 0 atom stereocenters. The maximum absolute atomic E-state index is 6.29. The van der Waals surface area contributed by atoms with E-state index in [-0.39, 0.29) is 5.41 Å². The Kier molecular flexibility index (Phi) is 5.37. The number of benzene rings is 2. The topological polar surface area (TPSA) is 0 Å². The highest BCUT2D eigenvalue weighted by molar-refractivity contribution is 6.30. The van der Waals surface area contributed by atoms with Crippen LogP contribution in [0.5, 0.6) is 0 Å². The lowest BCUT2D eigenvalue weighted by atomic mass is 9.78. The molecule has 0 saturated heterocycles. The van der Waals surface area contributed by atoms with Crippen molar-refractivity contribution < 1.29 is 0 Å². The van der Waals surface area contributed by atoms with Gasteiger partial charge in [-0.05, 0) is 42.2 Å². The summed E-state index contributed by atoms with van der Waals surface area (Å²) in [5.41, 5.74) is 3.33. The predicted molar refractivity (Wildman–Crippen MR) is 89.5 cm³/mol. The number of hydrogen-bond acceptors (Lipinski definition) is 0. The van der Waals surface area contributed by atoms with Crippen LogP contribution in [0.3, 0.4) is 0 Å². The molecule has 2 aromatic rings. The number of alkyl halides is 2. The number of aryl methyl sites for hydroxylation is 1. The van der Waals surface area contributed by atoms with Gasteiger partial charge >= 0.3 is 0 Å². The van der Waals surface area contributed by atoms with Gasteiger partial charge in [0.2, 0.25) is 0 Å². The summed E-state index contributed by atoms with van der Waals surface area (Å²) in [5, 5.41) is 0.715. The van der Waals surface area contributed by atoms with E-state index in [1.807, 2.05) is 30.3 Å². The summed E-state index contributed by atoms with van der Waals surface area (Å²) >= 11 is 18.7. The Morgan fingerprint density at radius 2 is 1.65 bits per heavy atom. The molecule has 0 aliphatic heterocycles. The second kappa shape index (κ2) is 6.85. The smallest absolute Gasteiger partial charge is 0.0408 e. The highest BCUT2D eigenvalue weighted by atomic mass is 35.5. The van der Waals surface area contributed by atoms with Gasteiger partial charge in [0.05, 0.1) is 0 Å². The lowest BCUT2D eigenvalue weighted by molar-refractivity contribution is 0.535. The average Bonchev–Trinajstić information content (AvgIpc) is 2.47. The standard InChI is InChI=1S/C17H17Cl3/c1-13-5-2-3-6-14(13)10-17(11-18,12-19)15-7-4-8-16(20)9-15/h2-9H,10-12H2,1H3. The summed E-state index contributed by atoms with van der Waals surface area (Å²) < 4.78 is 0. The van der Waals surface area contributed by atoms with E-state index in [1.54, 1.807) is 0 Å². The summed E-state index contributed by atoms with van der Waals surface area (Å²) in [5.74, 6) is 0.927. The van der Waals surface area contributed by atoms with Gasteiger partial charge in [0.15, 0.2) is 0 Å². The molecule has 0 saturated carbocycles. The molecule has 0 spiro atoms. The fourth-order valence-corrected chi connectivity index (χ4v) is 3.35. The Bertz CT molecular complexity index is 574. The molecule has 0 heterocycles. The molecular formula is C17H17Cl3. The normalized spacial score (nSPS) is 11.6. The van der Waals surface area contributed by atoms with E-state index >= 15 is 0 Å². The van der Waals surface area contributed by atoms with Gasteiger partial charge in [0.25, 0.3) is 0 Å². The van der Waals surface area contributed by atoms with Gasteiger partial charge in [-0.15, -0.1) is 23.2 Å². The average molecular weight is 328 g/mol. The second-order valence-corrected chi connectivity index (χ2v) is 6.13. The molecule has 0 aliphatic carbocycles. The highest BCUT2D eigenvalue weighted by Crippen LogP contribution is 2.33. The summed E-state index contributed by atoms with van der Waals surface area (Å²) in [6.45, 7) is 2.11. The Morgan fingerprint density at radius 1 is 0.950 bits per heavy atom. The van der Waals surface area contributed by atoms with E-state index in [1.165, 1.54) is 11.1 Å². The fourth-order valence-electron chi connectivity index (χ4n) is 2.38. The molecule has 0 unspecified atom stereocenters. The minimum atomic E-state index is -0.292. The molecule has 2 rings (SSSR count). The molecule has 0 aliphatic rings. The van der Waals surface area contributed by atoms with E-state index in [2.05, 4.69) is 25.1 Å². The molecular weight excluding hydrogens is 311 g/mol. The van der Waals surface area contributed by atoms with Gasteiger partial charge in [-0.1, -0.05) is 48.0 Å². The third-order valence-corrected chi connectivity index (χ3v) is 5.00. The molecule has 0 fully saturated rings. The Morgan fingerprint density at radius 3 is 2.25 bits per heavy atom. The fraction of sp³-hybridized carbons (Fsp3) is 0.294. The monoisotopic (exact) mass is 326 g/mol. The van der Waals surface area contributed by atoms with Gasteiger partial charge in [0, 0.05) is 22.2 Å². The van der Waals surface area contributed by atoms with Gasteiger partial charge < -0.3 is 0 Å². The zero-order valence-electron chi connectivity index (χ0n) is 11.4. The maximum atomic E-state index is 6.29. The molecule has 0 nitrogen and oxygen atoms in total. The van der Waals surface area contributed by atoms with Gasteiger partial charge in [-0.25, -0.2) is 0 Å². The summed E-state index contributed by atoms with van der Waals surface area (Å²) in [4.78, 5) is 0. The van der Waals surface area contributed by atoms with Crippen molar-refractivity contribution in [3.8, 4) is 0 Å². The summed E-state index contributed by atoms with van der Waals surface area (Å²) in [6.07, 6.45) is 0.813. The van der Waals surface area contributed by atoms with Crippen molar-refractivity contribution in [1.29, 1.82) is 0 Å². The SMILES string of the molecule is Cc1ccccc1CC(CCl)(CCl)c1cccc(Cl)c1. The van der Waals surface area contributed by atoms with Crippen LogP contribution in [0.15, 0.2) is 48.5 Å². The molecule has 0 aromatic heterocycles. The summed E-state index contributed by atoms with van der Waals surface area (Å²) in [7, 11) is 0. The first-order valence-electron chi connectivity index (χ1n) is 6.54. The van der Waals surface area contributed by atoms with Crippen LogP contribution < -0.4 is 0 Å². The van der Waals surface area contributed by atoms with Crippen LogP contribution in [0.2, 0.25) is 5.02 Å². The zero-order chi connectivity index (χ0) is 14.6. The second-order valence-electron chi connectivity index (χ2n) is 5.16. The Hall–Kier alpha value is -0.690. The van der Waals surface area contributed by atoms with Crippen LogP contribution in [0.4, 0.5) is 0 Å². The third kappa shape index (κ3) is 3.31. The van der Waals surface area contributed by atoms with Crippen molar-refractivity contribution in [1.82, 2.24) is 0 Å².